The van der Waals surface area contributed by atoms with Crippen molar-refractivity contribution in [2.24, 2.45) is 0 Å². The number of aliphatic hydroxyl groups excluding tert-OH is 1. The van der Waals surface area contributed by atoms with Crippen molar-refractivity contribution in [1.82, 2.24) is 0 Å². The Balaban J connectivity index is 1.90. The van der Waals surface area contributed by atoms with Crippen LogP contribution in [0.3, 0.4) is 0 Å². The van der Waals surface area contributed by atoms with Crippen molar-refractivity contribution in [2.75, 3.05) is 39.6 Å². The second-order valence-corrected chi connectivity index (χ2v) is 43.3. The van der Waals surface area contributed by atoms with Crippen LogP contribution in [-0.4, -0.2) is 44.7 Å². The summed E-state index contributed by atoms with van der Waals surface area (Å²) in [6, 6.07) is 14.5. The van der Waals surface area contributed by atoms with Gasteiger partial charge in [0, 0.05) is 6.07 Å². The highest BCUT2D eigenvalue weighted by Gasteiger charge is 2.21. The van der Waals surface area contributed by atoms with Crippen molar-refractivity contribution < 1.29 is 43.0 Å². The van der Waals surface area contributed by atoms with Gasteiger partial charge in [0.15, 0.2) is 23.0 Å². The molecular formula is C129H236O9. The molecule has 0 saturated carbocycles. The van der Waals surface area contributed by atoms with Gasteiger partial charge in [0.25, 0.3) is 0 Å². The third-order valence-electron chi connectivity index (χ3n) is 29.6. The van der Waals surface area contributed by atoms with E-state index in [1.165, 1.54) is 552 Å². The van der Waals surface area contributed by atoms with Gasteiger partial charge in [0.05, 0.1) is 46.2 Å². The second-order valence-electron chi connectivity index (χ2n) is 43.3. The van der Waals surface area contributed by atoms with Gasteiger partial charge < -0.3 is 43.0 Å². The van der Waals surface area contributed by atoms with Crippen LogP contribution in [0.1, 0.15) is 675 Å². The molecule has 3 aromatic carbocycles. The Morgan fingerprint density at radius 2 is 0.268 bits per heavy atom. The quantitative estimate of drug-likeness (QED) is 0.0555. The van der Waals surface area contributed by atoms with E-state index in [1.54, 1.807) is 0 Å². The minimum absolute atomic E-state index is 0.145. The molecule has 0 aromatic heterocycles. The van der Waals surface area contributed by atoms with Gasteiger partial charge in [-0.3, -0.25) is 0 Å². The van der Waals surface area contributed by atoms with E-state index in [2.05, 4.69) is 65.8 Å². The molecule has 3 rings (SSSR count). The van der Waals surface area contributed by atoms with E-state index in [4.69, 9.17) is 37.9 Å². The molecule has 3 aromatic rings. The SMILES string of the molecule is CCCCCCCCCCCCCCCCCCOc1cc(COc2cc(CO)cc(OCc3cc(OCCCCCCCCCCCCCCCCCC)c(OCCCCCCCCCCCCCCCCCC)c(OCCCCCCCCCCCCCCCCCC)c3)c2)cc(OCCCCCCCCCCCCCCCCCC)c1OCCCCCCCCCCCCCCCCCC. The van der Waals surface area contributed by atoms with Crippen LogP contribution in [0.5, 0.6) is 46.0 Å². The third-order valence-corrected chi connectivity index (χ3v) is 29.6. The van der Waals surface area contributed by atoms with Gasteiger partial charge in [-0.15, -0.1) is 0 Å². The van der Waals surface area contributed by atoms with Gasteiger partial charge >= 0.3 is 0 Å². The summed E-state index contributed by atoms with van der Waals surface area (Å²) in [5.41, 5.74) is 2.65. The molecule has 9 heteroatoms. The fraction of sp³-hybridized carbons (Fsp3) is 0.860. The summed E-state index contributed by atoms with van der Waals surface area (Å²) >= 11 is 0. The van der Waals surface area contributed by atoms with E-state index in [0.29, 0.717) is 51.1 Å². The number of aliphatic hydroxyl groups is 1. The van der Waals surface area contributed by atoms with Crippen molar-refractivity contribution >= 4 is 0 Å². The maximum atomic E-state index is 11.0. The van der Waals surface area contributed by atoms with E-state index in [1.807, 2.05) is 18.2 Å². The van der Waals surface area contributed by atoms with Gasteiger partial charge in [0.2, 0.25) is 11.5 Å². The van der Waals surface area contributed by atoms with E-state index < -0.39 is 0 Å². The smallest absolute Gasteiger partial charge is 0.203 e. The fourth-order valence-electron chi connectivity index (χ4n) is 20.3. The number of hydrogen-bond donors (Lipinski definition) is 1. The molecule has 138 heavy (non-hydrogen) atoms. The lowest BCUT2D eigenvalue weighted by atomic mass is 10.0. The average Bonchev–Trinajstić information content (AvgIpc) is 0.823. The fourth-order valence-corrected chi connectivity index (χ4v) is 20.3. The van der Waals surface area contributed by atoms with Crippen LogP contribution in [0.4, 0.5) is 0 Å². The zero-order chi connectivity index (χ0) is 98.2. The number of hydrogen-bond acceptors (Lipinski definition) is 9. The first-order chi connectivity index (χ1) is 68.5. The van der Waals surface area contributed by atoms with Crippen molar-refractivity contribution in [2.45, 2.75) is 678 Å². The molecule has 0 amide bonds. The normalized spacial score (nSPS) is 11.6. The van der Waals surface area contributed by atoms with Gasteiger partial charge in [-0.1, -0.05) is 619 Å². The van der Waals surface area contributed by atoms with Gasteiger partial charge in [-0.2, -0.15) is 0 Å². The average molecular weight is 1930 g/mol. The lowest BCUT2D eigenvalue weighted by Crippen LogP contribution is -2.08. The Morgan fingerprint density at radius 1 is 0.138 bits per heavy atom. The summed E-state index contributed by atoms with van der Waals surface area (Å²) in [4.78, 5) is 0. The van der Waals surface area contributed by atoms with Crippen LogP contribution >= 0.6 is 0 Å². The van der Waals surface area contributed by atoms with E-state index in [9.17, 15) is 5.11 Å². The zero-order valence-electron chi connectivity index (χ0n) is 93.5. The predicted octanol–water partition coefficient (Wildman–Crippen LogP) is 44.2. The highest BCUT2D eigenvalue weighted by molar-refractivity contribution is 5.55. The molecule has 0 heterocycles. The second kappa shape index (κ2) is 104. The molecule has 0 unspecified atom stereocenters. The lowest BCUT2D eigenvalue weighted by molar-refractivity contribution is 0.231. The maximum absolute atomic E-state index is 11.0. The first kappa shape index (κ1) is 128. The highest BCUT2D eigenvalue weighted by atomic mass is 16.6. The largest absolute Gasteiger partial charge is 0.490 e. The molecule has 0 bridgehead atoms. The number of benzene rings is 3. The van der Waals surface area contributed by atoms with Crippen LogP contribution in [0.25, 0.3) is 0 Å². The molecular weight excluding hydrogens is 1690 g/mol. The van der Waals surface area contributed by atoms with E-state index in [0.717, 1.165) is 115 Å². The van der Waals surface area contributed by atoms with Crippen LogP contribution < -0.4 is 37.9 Å². The minimum atomic E-state index is -0.145. The molecule has 1 N–H and O–H groups in total. The summed E-state index contributed by atoms with van der Waals surface area (Å²) in [6.45, 7) is 18.1. The van der Waals surface area contributed by atoms with Crippen molar-refractivity contribution in [3.63, 3.8) is 0 Å². The Kier molecular flexibility index (Phi) is 97.0. The summed E-state index contributed by atoms with van der Waals surface area (Å²) < 4.78 is 55.3. The standard InChI is InChI=1S/C129H236O9/c1-7-13-19-25-31-37-43-49-55-61-67-73-79-85-91-97-103-131-124-111-120(112-125(132-104-98-92-86-80-74-68-62-56-50-44-38-32-26-20-14-8-2)128(124)135-107-101-95-89-83-77-71-65-59-53-47-41-35-29-23-17-11-5)117-137-122-109-119(116-130)110-123(115-122)138-118-121-113-126(133-105-99-93-87-81-75-69-63-57-51-45-39-33-27-21-15-9-3)129(136-108-102-96-90-84-78-72-66-60-54-48-42-36-30-24-18-12-6)127(114-121)134-106-100-94-88-82-76-70-64-58-52-46-40-34-28-22-16-10-4/h109-115,130H,7-108,116-118H2,1-6H3. The van der Waals surface area contributed by atoms with Crippen molar-refractivity contribution in [3.8, 4) is 46.0 Å². The van der Waals surface area contributed by atoms with Crippen LogP contribution in [0.15, 0.2) is 42.5 Å². The summed E-state index contributed by atoms with van der Waals surface area (Å²) in [6.07, 6.45) is 129. The van der Waals surface area contributed by atoms with Gasteiger partial charge in [0.1, 0.15) is 24.7 Å². The molecule has 0 spiro atoms. The van der Waals surface area contributed by atoms with E-state index >= 15 is 0 Å². The van der Waals surface area contributed by atoms with Crippen molar-refractivity contribution in [1.29, 1.82) is 0 Å². The number of ether oxygens (including phenoxy) is 8. The Bertz CT molecular complexity index is 2620. The molecule has 0 saturated heterocycles. The molecule has 0 fully saturated rings. The molecule has 0 aliphatic heterocycles. The number of unbranched alkanes of at least 4 members (excludes halogenated alkanes) is 90. The predicted molar refractivity (Wildman–Crippen MR) is 604 cm³/mol. The minimum Gasteiger partial charge on any atom is -0.490 e. The summed E-state index contributed by atoms with van der Waals surface area (Å²) in [7, 11) is 0. The van der Waals surface area contributed by atoms with Crippen LogP contribution in [-0.2, 0) is 19.8 Å². The Labute approximate surface area is 860 Å². The van der Waals surface area contributed by atoms with Crippen molar-refractivity contribution in [3.05, 3.63) is 59.2 Å². The molecule has 9 nitrogen and oxygen atoms in total. The third kappa shape index (κ3) is 82.2. The van der Waals surface area contributed by atoms with Gasteiger partial charge in [-0.25, -0.2) is 0 Å². The first-order valence-corrected chi connectivity index (χ1v) is 62.6. The first-order valence-electron chi connectivity index (χ1n) is 62.6. The monoisotopic (exact) mass is 1930 g/mol. The molecule has 0 radical (unpaired) electrons. The molecule has 806 valence electrons. The maximum Gasteiger partial charge on any atom is 0.203 e. The van der Waals surface area contributed by atoms with E-state index in [-0.39, 0.29) is 19.8 Å². The zero-order valence-corrected chi connectivity index (χ0v) is 93.5. The highest BCUT2D eigenvalue weighted by Crippen LogP contribution is 2.43. The number of rotatable bonds is 115. The molecule has 0 aliphatic rings. The Hall–Kier alpha value is -3.98. The Morgan fingerprint density at radius 3 is 0.406 bits per heavy atom. The van der Waals surface area contributed by atoms with Gasteiger partial charge in [-0.05, 0) is 91.6 Å². The summed E-state index contributed by atoms with van der Waals surface area (Å²) in [5, 5.41) is 11.0. The topological polar surface area (TPSA) is 94.1 Å². The lowest BCUT2D eigenvalue weighted by Gasteiger charge is -2.20. The molecule has 0 aliphatic carbocycles. The van der Waals surface area contributed by atoms with Crippen LogP contribution in [0.2, 0.25) is 0 Å². The summed E-state index contributed by atoms with van der Waals surface area (Å²) in [5.74, 6) is 5.75. The molecule has 0 atom stereocenters. The van der Waals surface area contributed by atoms with Crippen LogP contribution in [0, 0.1) is 0 Å².